The van der Waals surface area contributed by atoms with Gasteiger partial charge in [-0.2, -0.15) is 13.2 Å². The first-order valence-corrected chi connectivity index (χ1v) is 18.1. The average Bonchev–Trinajstić information content (AvgIpc) is 3.12. The van der Waals surface area contributed by atoms with Gasteiger partial charge in [0.05, 0.1) is 41.7 Å². The first-order valence-electron chi connectivity index (χ1n) is 18.1. The van der Waals surface area contributed by atoms with Crippen LogP contribution < -0.4 is 15.4 Å². The number of anilines is 2. The summed E-state index contributed by atoms with van der Waals surface area (Å²) >= 11 is 0. The Balaban J connectivity index is 1.36. The highest BCUT2D eigenvalue weighted by Gasteiger charge is 2.32. The molecule has 284 valence electrons. The second kappa shape index (κ2) is 17.9. The minimum Gasteiger partial charge on any atom is -0.490 e. The molecule has 53 heavy (non-hydrogen) atoms. The lowest BCUT2D eigenvalue weighted by atomic mass is 10.0. The molecule has 0 aliphatic carbocycles. The van der Waals surface area contributed by atoms with Gasteiger partial charge in [0.15, 0.2) is 0 Å². The first-order chi connectivity index (χ1) is 25.3. The number of nitrogens with zero attached hydrogens (tertiary/aromatic N) is 2. The molecule has 0 spiro atoms. The quantitative estimate of drug-likeness (QED) is 0.168. The topological polar surface area (TPSA) is 103 Å². The number of ether oxygens (including phenoxy) is 2. The van der Waals surface area contributed by atoms with Crippen molar-refractivity contribution in [2.75, 3.05) is 44.0 Å². The van der Waals surface area contributed by atoms with E-state index in [-0.39, 0.29) is 42.7 Å². The van der Waals surface area contributed by atoms with Crippen LogP contribution in [0.5, 0.6) is 5.75 Å². The number of rotatable bonds is 8. The van der Waals surface area contributed by atoms with Gasteiger partial charge >= 0.3 is 12.2 Å². The summed E-state index contributed by atoms with van der Waals surface area (Å²) in [6, 6.07) is 22.5. The van der Waals surface area contributed by atoms with E-state index >= 15 is 0 Å². The van der Waals surface area contributed by atoms with Crippen LogP contribution in [0, 0.1) is 5.92 Å². The number of alkyl halides is 3. The van der Waals surface area contributed by atoms with E-state index < -0.39 is 23.8 Å². The van der Waals surface area contributed by atoms with Gasteiger partial charge in [-0.25, -0.2) is 4.79 Å². The van der Waals surface area contributed by atoms with Crippen LogP contribution in [0.3, 0.4) is 0 Å². The summed E-state index contributed by atoms with van der Waals surface area (Å²) in [5.41, 5.74) is 1.33. The van der Waals surface area contributed by atoms with Gasteiger partial charge in [0.1, 0.15) is 5.75 Å². The number of aliphatic hydroxyl groups is 1. The number of halogens is 3. The van der Waals surface area contributed by atoms with E-state index in [9.17, 15) is 27.9 Å². The molecule has 3 N–H and O–H groups in total. The zero-order valence-electron chi connectivity index (χ0n) is 30.7. The van der Waals surface area contributed by atoms with Gasteiger partial charge in [0.2, 0.25) is 0 Å². The molecular weight excluding hydrogens is 685 g/mol. The van der Waals surface area contributed by atoms with E-state index in [1.807, 2.05) is 68.3 Å². The van der Waals surface area contributed by atoms with Crippen LogP contribution in [0.1, 0.15) is 61.5 Å². The fraction of sp³-hybridized carbons (Fsp3) is 0.415. The molecule has 0 saturated carbocycles. The summed E-state index contributed by atoms with van der Waals surface area (Å²) in [7, 11) is 1.89. The van der Waals surface area contributed by atoms with Crippen LogP contribution in [-0.4, -0.2) is 78.4 Å². The summed E-state index contributed by atoms with van der Waals surface area (Å²) in [6.07, 6.45) is -2.60. The Morgan fingerprint density at radius 2 is 1.74 bits per heavy atom. The maximum absolute atomic E-state index is 14.5. The second-order valence-electron chi connectivity index (χ2n) is 14.0. The number of fused-ring (bicyclic) bond motifs is 2. The highest BCUT2D eigenvalue weighted by molar-refractivity contribution is 6.07. The van der Waals surface area contributed by atoms with Crippen LogP contribution in [0.2, 0.25) is 0 Å². The highest BCUT2D eigenvalue weighted by Crippen LogP contribution is 2.31. The summed E-state index contributed by atoms with van der Waals surface area (Å²) in [5, 5.41) is 17.9. The predicted octanol–water partition coefficient (Wildman–Crippen LogP) is 8.43. The molecule has 5 rings (SSSR count). The number of hydrogen-bond donors (Lipinski definition) is 3. The maximum atomic E-state index is 14.5. The Labute approximate surface area is 309 Å². The Bertz CT molecular complexity index is 1830. The van der Waals surface area contributed by atoms with E-state index in [1.165, 1.54) is 12.1 Å². The Morgan fingerprint density at radius 1 is 1.00 bits per heavy atom. The van der Waals surface area contributed by atoms with Gasteiger partial charge < -0.3 is 30.1 Å². The minimum atomic E-state index is -4.40. The second-order valence-corrected chi connectivity index (χ2v) is 14.0. The molecule has 0 fully saturated rings. The van der Waals surface area contributed by atoms with Gasteiger partial charge in [0.25, 0.3) is 5.91 Å². The number of urea groups is 1. The smallest absolute Gasteiger partial charge is 0.416 e. The number of aliphatic hydroxyl groups excluding tert-OH is 1. The lowest BCUT2D eigenvalue weighted by Gasteiger charge is -2.36. The number of carbonyl (C=O) groups is 2. The van der Waals surface area contributed by atoms with Crippen LogP contribution >= 0.6 is 0 Å². The van der Waals surface area contributed by atoms with Crippen LogP contribution in [0.4, 0.5) is 29.3 Å². The van der Waals surface area contributed by atoms with Gasteiger partial charge in [0, 0.05) is 43.2 Å². The molecule has 0 unspecified atom stereocenters. The Kier molecular flexibility index (Phi) is 13.4. The Hall–Kier alpha value is -4.65. The summed E-state index contributed by atoms with van der Waals surface area (Å²) in [4.78, 5) is 31.3. The van der Waals surface area contributed by atoms with Crippen molar-refractivity contribution in [3.05, 3.63) is 102 Å². The lowest BCUT2D eigenvalue weighted by molar-refractivity contribution is -0.137. The highest BCUT2D eigenvalue weighted by atomic mass is 19.4. The fourth-order valence-electron chi connectivity index (χ4n) is 6.56. The number of benzene rings is 4. The zero-order valence-corrected chi connectivity index (χ0v) is 30.7. The monoisotopic (exact) mass is 734 g/mol. The lowest BCUT2D eigenvalue weighted by Crippen LogP contribution is -2.47. The van der Waals surface area contributed by atoms with Crippen molar-refractivity contribution in [3.8, 4) is 5.75 Å². The largest absolute Gasteiger partial charge is 0.490 e. The molecule has 4 aromatic rings. The summed E-state index contributed by atoms with van der Waals surface area (Å²) in [6.45, 7) is 7.03. The van der Waals surface area contributed by atoms with Gasteiger partial charge in [-0.1, -0.05) is 55.5 Å². The third-order valence-corrected chi connectivity index (χ3v) is 9.57. The standard InChI is InChI=1S/C41H49F3N4O5/c1-27-23-48(28(2)26-49)39(50)35-22-33(45-40(51)46-36-14-9-12-31-11-5-6-13-34(31)36)19-20-37(35)53-29(3)10-7-8-21-52-38(27)25-47(4)24-30-15-17-32(18-16-30)41(42,43)44/h5-6,9,11-20,22,27-29,38,49H,7-8,10,21,23-26H2,1-4H3,(H2,45,46,51)/t27-,28-,29+,38-/m0/s1. The van der Waals surface area contributed by atoms with E-state index in [4.69, 9.17) is 9.47 Å². The molecule has 0 aromatic heterocycles. The fourth-order valence-corrected chi connectivity index (χ4v) is 6.56. The zero-order chi connectivity index (χ0) is 38.1. The summed E-state index contributed by atoms with van der Waals surface area (Å²) in [5.74, 6) is -0.180. The van der Waals surface area contributed by atoms with Crippen LogP contribution in [0.25, 0.3) is 10.8 Å². The van der Waals surface area contributed by atoms with Crippen molar-refractivity contribution >= 4 is 34.1 Å². The minimum absolute atomic E-state index is 0.193. The maximum Gasteiger partial charge on any atom is 0.416 e. The molecule has 0 radical (unpaired) electrons. The molecule has 3 amide bonds. The Morgan fingerprint density at radius 3 is 2.47 bits per heavy atom. The third kappa shape index (κ3) is 10.7. The third-order valence-electron chi connectivity index (χ3n) is 9.57. The molecule has 4 atom stereocenters. The van der Waals surface area contributed by atoms with Gasteiger partial charge in [-0.05, 0) is 87.5 Å². The van der Waals surface area contributed by atoms with Crippen molar-refractivity contribution < 1.29 is 37.3 Å². The number of hydrogen-bond acceptors (Lipinski definition) is 6. The molecule has 0 saturated heterocycles. The van der Waals surface area contributed by atoms with Crippen LogP contribution in [0.15, 0.2) is 84.9 Å². The first kappa shape index (κ1) is 39.6. The van der Waals surface area contributed by atoms with Gasteiger partial charge in [-0.15, -0.1) is 0 Å². The number of likely N-dealkylation sites (N-methyl/N-ethyl adjacent to an activating group) is 1. The summed E-state index contributed by atoms with van der Waals surface area (Å²) < 4.78 is 52.1. The molecule has 4 aromatic carbocycles. The van der Waals surface area contributed by atoms with Crippen molar-refractivity contribution in [1.82, 2.24) is 9.80 Å². The number of carbonyl (C=O) groups excluding carboxylic acids is 2. The average molecular weight is 735 g/mol. The van der Waals surface area contributed by atoms with Crippen molar-refractivity contribution in [2.24, 2.45) is 5.92 Å². The normalized spacial score (nSPS) is 19.6. The molecule has 1 heterocycles. The van der Waals surface area contributed by atoms with Crippen molar-refractivity contribution in [2.45, 2.75) is 71.0 Å². The van der Waals surface area contributed by atoms with E-state index in [0.29, 0.717) is 36.8 Å². The molecule has 12 heteroatoms. The van der Waals surface area contributed by atoms with Gasteiger partial charge in [-0.3, -0.25) is 9.69 Å². The predicted molar refractivity (Wildman–Crippen MR) is 201 cm³/mol. The molecule has 0 bridgehead atoms. The molecule has 1 aliphatic rings. The number of nitrogens with one attached hydrogen (secondary N) is 2. The van der Waals surface area contributed by atoms with E-state index in [0.717, 1.165) is 47.7 Å². The van der Waals surface area contributed by atoms with Crippen molar-refractivity contribution in [1.29, 1.82) is 0 Å². The molecule has 1 aliphatic heterocycles. The SMILES string of the molecule is C[C@@H]1CCCCO[C@@H](CN(C)Cc2ccc(C(F)(F)F)cc2)[C@@H](C)CN([C@@H](C)CO)C(=O)c2cc(NC(=O)Nc3cccc4ccccc34)ccc2O1. The molecule has 9 nitrogen and oxygen atoms in total. The van der Waals surface area contributed by atoms with E-state index in [1.54, 1.807) is 30.0 Å². The van der Waals surface area contributed by atoms with Crippen molar-refractivity contribution in [3.63, 3.8) is 0 Å². The van der Waals surface area contributed by atoms with Crippen LogP contribution in [-0.2, 0) is 17.5 Å². The molecular formula is C41H49F3N4O5. The van der Waals surface area contributed by atoms with E-state index in [2.05, 4.69) is 10.6 Å². The number of amides is 3.